The van der Waals surface area contributed by atoms with Gasteiger partial charge in [0.15, 0.2) is 5.78 Å². The van der Waals surface area contributed by atoms with Gasteiger partial charge >= 0.3 is 6.18 Å². The molecule has 1 nitrogen and oxygen atoms in total. The molecule has 0 radical (unpaired) electrons. The van der Waals surface area contributed by atoms with Crippen molar-refractivity contribution in [3.05, 3.63) is 70.8 Å². The first-order valence-electron chi connectivity index (χ1n) is 6.13. The van der Waals surface area contributed by atoms with Gasteiger partial charge in [-0.2, -0.15) is 13.2 Å². The van der Waals surface area contributed by atoms with Crippen LogP contribution in [0.2, 0.25) is 0 Å². The molecule has 0 heterocycles. The summed E-state index contributed by atoms with van der Waals surface area (Å²) >= 11 is 0. The Morgan fingerprint density at radius 3 is 2.15 bits per heavy atom. The fourth-order valence-electron chi connectivity index (χ4n) is 1.98. The Bertz CT molecular complexity index is 612. The lowest BCUT2D eigenvalue weighted by Gasteiger charge is -2.08. The molecule has 0 amide bonds. The fraction of sp³-hybridized carbons (Fsp3) is 0.188. The monoisotopic (exact) mass is 278 g/mol. The van der Waals surface area contributed by atoms with Crippen LogP contribution in [-0.4, -0.2) is 5.78 Å². The fourth-order valence-corrected chi connectivity index (χ4v) is 1.98. The predicted molar refractivity (Wildman–Crippen MR) is 70.7 cm³/mol. The summed E-state index contributed by atoms with van der Waals surface area (Å²) in [6.07, 6.45) is -4.25. The molecule has 4 heteroatoms. The van der Waals surface area contributed by atoms with E-state index >= 15 is 0 Å². The zero-order valence-corrected chi connectivity index (χ0v) is 10.9. The molecule has 0 atom stereocenters. The second kappa shape index (κ2) is 5.49. The molecule has 0 aliphatic heterocycles. The summed E-state index contributed by atoms with van der Waals surface area (Å²) in [5.41, 5.74) is 1.34. The van der Waals surface area contributed by atoms with E-state index in [2.05, 4.69) is 0 Å². The van der Waals surface area contributed by atoms with Crippen LogP contribution in [0.25, 0.3) is 0 Å². The number of ketones is 1. The van der Waals surface area contributed by atoms with E-state index in [0.717, 1.165) is 17.7 Å². The second-order valence-electron chi connectivity index (χ2n) is 4.61. The van der Waals surface area contributed by atoms with Crippen molar-refractivity contribution < 1.29 is 18.0 Å². The van der Waals surface area contributed by atoms with Crippen LogP contribution in [0.4, 0.5) is 13.2 Å². The predicted octanol–water partition coefficient (Wildman–Crippen LogP) is 4.44. The van der Waals surface area contributed by atoms with E-state index in [1.165, 1.54) is 12.1 Å². The number of aryl methyl sites for hydroxylation is 1. The number of Topliss-reactive ketones (excluding diaryl/α,β-unsaturated/α-hetero) is 1. The van der Waals surface area contributed by atoms with Gasteiger partial charge in [-0.3, -0.25) is 4.79 Å². The molecule has 0 fully saturated rings. The molecule has 2 aromatic carbocycles. The summed E-state index contributed by atoms with van der Waals surface area (Å²) in [6.45, 7) is 1.83. The van der Waals surface area contributed by atoms with Gasteiger partial charge in [0.25, 0.3) is 0 Å². The number of benzene rings is 2. The van der Waals surface area contributed by atoms with Crippen LogP contribution in [0, 0.1) is 6.92 Å². The van der Waals surface area contributed by atoms with Crippen LogP contribution in [0.15, 0.2) is 48.5 Å². The summed E-state index contributed by atoms with van der Waals surface area (Å²) in [7, 11) is 0. The minimum Gasteiger partial charge on any atom is -0.294 e. The van der Waals surface area contributed by atoms with Gasteiger partial charge in [-0.25, -0.2) is 0 Å². The first-order chi connectivity index (χ1) is 9.38. The highest BCUT2D eigenvalue weighted by atomic mass is 19.4. The van der Waals surface area contributed by atoms with Crippen LogP contribution < -0.4 is 0 Å². The van der Waals surface area contributed by atoms with Crippen LogP contribution in [0.1, 0.15) is 27.0 Å². The van der Waals surface area contributed by atoms with E-state index in [4.69, 9.17) is 0 Å². The van der Waals surface area contributed by atoms with Crippen molar-refractivity contribution in [2.75, 3.05) is 0 Å². The smallest absolute Gasteiger partial charge is 0.294 e. The number of hydrogen-bond acceptors (Lipinski definition) is 1. The SMILES string of the molecule is Cc1ccccc1C(=O)Cc1ccc(C(F)(F)F)cc1. The number of rotatable bonds is 3. The Labute approximate surface area is 115 Å². The molecule has 2 rings (SSSR count). The quantitative estimate of drug-likeness (QED) is 0.759. The summed E-state index contributed by atoms with van der Waals surface area (Å²) in [6, 6.07) is 11.9. The van der Waals surface area contributed by atoms with Gasteiger partial charge in [0.05, 0.1) is 5.56 Å². The van der Waals surface area contributed by atoms with Gasteiger partial charge in [0.1, 0.15) is 0 Å². The number of halogens is 3. The van der Waals surface area contributed by atoms with Gasteiger partial charge in [-0.15, -0.1) is 0 Å². The molecule has 0 aliphatic rings. The highest BCUT2D eigenvalue weighted by Gasteiger charge is 2.29. The maximum atomic E-state index is 12.4. The zero-order valence-electron chi connectivity index (χ0n) is 10.9. The minimum atomic E-state index is -4.35. The van der Waals surface area contributed by atoms with E-state index in [1.54, 1.807) is 12.1 Å². The number of hydrogen-bond donors (Lipinski definition) is 0. The Kier molecular flexibility index (Phi) is 3.93. The Balaban J connectivity index is 2.15. The van der Waals surface area contributed by atoms with Gasteiger partial charge in [-0.05, 0) is 30.2 Å². The van der Waals surface area contributed by atoms with Crippen molar-refractivity contribution in [3.8, 4) is 0 Å². The number of carbonyl (C=O) groups excluding carboxylic acids is 1. The Hall–Kier alpha value is -2.10. The molecule has 2 aromatic rings. The van der Waals surface area contributed by atoms with Crippen LogP contribution in [0.3, 0.4) is 0 Å². The van der Waals surface area contributed by atoms with Crippen molar-refractivity contribution in [3.63, 3.8) is 0 Å². The lowest BCUT2D eigenvalue weighted by Crippen LogP contribution is -2.07. The third-order valence-corrected chi connectivity index (χ3v) is 3.09. The largest absolute Gasteiger partial charge is 0.416 e. The normalized spacial score (nSPS) is 11.4. The van der Waals surface area contributed by atoms with E-state index in [0.29, 0.717) is 11.1 Å². The molecule has 0 bridgehead atoms. The molecule has 0 aliphatic carbocycles. The van der Waals surface area contributed by atoms with E-state index in [1.807, 2.05) is 19.1 Å². The second-order valence-corrected chi connectivity index (χ2v) is 4.61. The maximum Gasteiger partial charge on any atom is 0.416 e. The highest BCUT2D eigenvalue weighted by Crippen LogP contribution is 2.29. The summed E-state index contributed by atoms with van der Waals surface area (Å²) in [4.78, 5) is 12.1. The van der Waals surface area contributed by atoms with E-state index in [9.17, 15) is 18.0 Å². The lowest BCUT2D eigenvalue weighted by molar-refractivity contribution is -0.137. The van der Waals surface area contributed by atoms with Gasteiger partial charge in [0, 0.05) is 12.0 Å². The standard InChI is InChI=1S/C16H13F3O/c1-11-4-2-3-5-14(11)15(20)10-12-6-8-13(9-7-12)16(17,18)19/h2-9H,10H2,1H3. The molecule has 104 valence electrons. The molecule has 0 saturated carbocycles. The summed E-state index contributed by atoms with van der Waals surface area (Å²) in [5.74, 6) is -0.0946. The molecule has 0 N–H and O–H groups in total. The van der Waals surface area contributed by atoms with Gasteiger partial charge < -0.3 is 0 Å². The van der Waals surface area contributed by atoms with Gasteiger partial charge in [0.2, 0.25) is 0 Å². The van der Waals surface area contributed by atoms with Crippen LogP contribution in [0.5, 0.6) is 0 Å². The maximum absolute atomic E-state index is 12.4. The molecular formula is C16H13F3O. The van der Waals surface area contributed by atoms with Crippen LogP contribution >= 0.6 is 0 Å². The van der Waals surface area contributed by atoms with Crippen molar-refractivity contribution in [2.24, 2.45) is 0 Å². The Morgan fingerprint density at radius 2 is 1.60 bits per heavy atom. The van der Waals surface area contributed by atoms with Crippen molar-refractivity contribution in [1.29, 1.82) is 0 Å². The van der Waals surface area contributed by atoms with E-state index < -0.39 is 11.7 Å². The Morgan fingerprint density at radius 1 is 1.00 bits per heavy atom. The number of carbonyl (C=O) groups is 1. The van der Waals surface area contributed by atoms with Crippen LogP contribution in [-0.2, 0) is 12.6 Å². The third kappa shape index (κ3) is 3.26. The minimum absolute atomic E-state index is 0.0946. The average Bonchev–Trinajstić information content (AvgIpc) is 2.38. The zero-order chi connectivity index (χ0) is 14.8. The summed E-state index contributed by atoms with van der Waals surface area (Å²) < 4.78 is 37.3. The summed E-state index contributed by atoms with van der Waals surface area (Å²) in [5, 5.41) is 0. The molecule has 20 heavy (non-hydrogen) atoms. The molecular weight excluding hydrogens is 265 g/mol. The highest BCUT2D eigenvalue weighted by molar-refractivity contribution is 5.98. The average molecular weight is 278 g/mol. The van der Waals surface area contributed by atoms with Gasteiger partial charge in [-0.1, -0.05) is 36.4 Å². The molecule has 0 saturated heterocycles. The van der Waals surface area contributed by atoms with E-state index in [-0.39, 0.29) is 12.2 Å². The first-order valence-corrected chi connectivity index (χ1v) is 6.13. The first kappa shape index (κ1) is 14.3. The van der Waals surface area contributed by atoms with Crippen molar-refractivity contribution in [1.82, 2.24) is 0 Å². The topological polar surface area (TPSA) is 17.1 Å². The van der Waals surface area contributed by atoms with Crippen molar-refractivity contribution >= 4 is 5.78 Å². The molecule has 0 unspecified atom stereocenters. The lowest BCUT2D eigenvalue weighted by atomic mass is 9.99. The number of alkyl halides is 3. The third-order valence-electron chi connectivity index (χ3n) is 3.09. The van der Waals surface area contributed by atoms with Crippen molar-refractivity contribution in [2.45, 2.75) is 19.5 Å². The molecule has 0 spiro atoms. The molecule has 0 aromatic heterocycles.